The molecule has 2 aliphatic rings. The lowest BCUT2D eigenvalue weighted by Gasteiger charge is -2.20. The first-order valence-electron chi connectivity index (χ1n) is 9.15. The van der Waals surface area contributed by atoms with Crippen molar-refractivity contribution in [3.05, 3.63) is 47.5 Å². The first-order valence-corrected chi connectivity index (χ1v) is 10.1. The minimum Gasteiger partial charge on any atom is -0.384 e. The van der Waals surface area contributed by atoms with Crippen LogP contribution in [-0.4, -0.2) is 35.3 Å². The number of hydrogen-bond acceptors (Lipinski definition) is 2. The monoisotopic (exact) mass is 352 g/mol. The van der Waals surface area contributed by atoms with Crippen molar-refractivity contribution in [3.8, 4) is 0 Å². The van der Waals surface area contributed by atoms with Gasteiger partial charge in [-0.2, -0.15) is 4.58 Å². The zero-order valence-corrected chi connectivity index (χ0v) is 16.4. The molecule has 1 atom stereocenters. The molecule has 130 valence electrons. The van der Waals surface area contributed by atoms with E-state index >= 15 is 0 Å². The fraction of sp³-hybridized carbons (Fsp3) is 0.409. The lowest BCUT2D eigenvalue weighted by molar-refractivity contribution is -0.518. The number of fused-ring (bicyclic) bond motifs is 2. The summed E-state index contributed by atoms with van der Waals surface area (Å²) in [6.45, 7) is 7.68. The second-order valence-corrected chi connectivity index (χ2v) is 8.31. The summed E-state index contributed by atoms with van der Waals surface area (Å²) < 4.78 is 7.84. The van der Waals surface area contributed by atoms with E-state index in [1.54, 1.807) is 7.11 Å². The van der Waals surface area contributed by atoms with Gasteiger partial charge in [-0.15, -0.1) is 11.8 Å². The molecular formula is C22H26NOS+. The zero-order valence-electron chi connectivity index (χ0n) is 15.6. The van der Waals surface area contributed by atoms with Gasteiger partial charge in [-0.25, -0.2) is 0 Å². The van der Waals surface area contributed by atoms with E-state index < -0.39 is 0 Å². The molecule has 0 saturated carbocycles. The third kappa shape index (κ3) is 2.40. The molecule has 0 spiro atoms. The van der Waals surface area contributed by atoms with Crippen LogP contribution in [0.15, 0.2) is 46.9 Å². The number of benzene rings is 2. The fourth-order valence-electron chi connectivity index (χ4n) is 4.32. The molecular weight excluding hydrogens is 326 g/mol. The summed E-state index contributed by atoms with van der Waals surface area (Å²) in [4.78, 5) is 1.36. The van der Waals surface area contributed by atoms with E-state index in [2.05, 4.69) is 61.8 Å². The average molecular weight is 353 g/mol. The van der Waals surface area contributed by atoms with Gasteiger partial charge in [0.05, 0.1) is 17.6 Å². The average Bonchev–Trinajstić information content (AvgIpc) is 3.13. The van der Waals surface area contributed by atoms with E-state index in [-0.39, 0.29) is 5.54 Å². The Labute approximate surface area is 154 Å². The number of hydrogen-bond donors (Lipinski definition) is 0. The topological polar surface area (TPSA) is 12.2 Å². The van der Waals surface area contributed by atoms with E-state index in [9.17, 15) is 0 Å². The van der Waals surface area contributed by atoms with Gasteiger partial charge < -0.3 is 4.74 Å². The van der Waals surface area contributed by atoms with Crippen molar-refractivity contribution >= 4 is 33.9 Å². The number of nitrogens with zero attached hydrogens (tertiary/aromatic N) is 1. The van der Waals surface area contributed by atoms with Crippen LogP contribution in [0.1, 0.15) is 39.2 Å². The predicted octanol–water partition coefficient (Wildman–Crippen LogP) is 5.54. The van der Waals surface area contributed by atoms with Crippen LogP contribution in [0.2, 0.25) is 0 Å². The van der Waals surface area contributed by atoms with Gasteiger partial charge in [0, 0.05) is 54.5 Å². The van der Waals surface area contributed by atoms with Crippen LogP contribution < -0.4 is 0 Å². The molecule has 0 aromatic heterocycles. The van der Waals surface area contributed by atoms with Crippen molar-refractivity contribution in [1.29, 1.82) is 0 Å². The van der Waals surface area contributed by atoms with E-state index in [4.69, 9.17) is 4.74 Å². The third-order valence-electron chi connectivity index (χ3n) is 5.77. The van der Waals surface area contributed by atoms with Crippen molar-refractivity contribution in [3.63, 3.8) is 0 Å². The summed E-state index contributed by atoms with van der Waals surface area (Å²) in [6.07, 6.45) is 4.59. The Kier molecular flexibility index (Phi) is 4.25. The van der Waals surface area contributed by atoms with Crippen LogP contribution in [-0.2, 0) is 4.74 Å². The minimum atomic E-state index is 0.174. The number of rotatable bonds is 5. The SMILES string of the molecule is CC=C1CC(C)(CC)[N+]2=C1c1cccc3c(SCCOC)ccc2c13. The number of methoxy groups -OCH3 is 1. The third-order valence-corrected chi connectivity index (χ3v) is 6.81. The Morgan fingerprint density at radius 1 is 1.28 bits per heavy atom. The smallest absolute Gasteiger partial charge is 0.217 e. The van der Waals surface area contributed by atoms with E-state index in [0.717, 1.165) is 25.2 Å². The zero-order chi connectivity index (χ0) is 17.6. The molecule has 1 unspecified atom stereocenters. The molecule has 0 saturated heterocycles. The van der Waals surface area contributed by atoms with Gasteiger partial charge in [0.25, 0.3) is 0 Å². The molecule has 0 aliphatic carbocycles. The molecule has 0 amide bonds. The van der Waals surface area contributed by atoms with Gasteiger partial charge in [0.2, 0.25) is 11.4 Å². The van der Waals surface area contributed by atoms with Gasteiger partial charge >= 0.3 is 0 Å². The van der Waals surface area contributed by atoms with Gasteiger partial charge in [0.1, 0.15) is 0 Å². The van der Waals surface area contributed by atoms with Crippen molar-refractivity contribution in [1.82, 2.24) is 0 Å². The molecule has 2 aromatic rings. The molecule has 0 radical (unpaired) electrons. The molecule has 0 N–H and O–H groups in total. The Hall–Kier alpha value is -1.58. The summed E-state index contributed by atoms with van der Waals surface area (Å²) >= 11 is 1.89. The fourth-order valence-corrected chi connectivity index (χ4v) is 5.28. The number of allylic oxidation sites excluding steroid dienone is 1. The minimum absolute atomic E-state index is 0.174. The van der Waals surface area contributed by atoms with E-state index in [0.29, 0.717) is 0 Å². The predicted molar refractivity (Wildman–Crippen MR) is 108 cm³/mol. The summed E-state index contributed by atoms with van der Waals surface area (Å²) in [6, 6.07) is 11.4. The van der Waals surface area contributed by atoms with E-state index in [1.165, 1.54) is 38.2 Å². The second kappa shape index (κ2) is 6.30. The molecule has 2 heterocycles. The molecule has 3 heteroatoms. The normalized spacial score (nSPS) is 23.1. The molecule has 2 nitrogen and oxygen atoms in total. The molecule has 2 aliphatic heterocycles. The van der Waals surface area contributed by atoms with Crippen LogP contribution in [0.3, 0.4) is 0 Å². The van der Waals surface area contributed by atoms with Crippen LogP contribution in [0, 0.1) is 0 Å². The van der Waals surface area contributed by atoms with Gasteiger partial charge in [0.15, 0.2) is 5.54 Å². The first kappa shape index (κ1) is 16.9. The van der Waals surface area contributed by atoms with E-state index in [1.807, 2.05) is 11.8 Å². The first-order chi connectivity index (χ1) is 12.1. The highest BCUT2D eigenvalue weighted by Crippen LogP contribution is 2.49. The maximum Gasteiger partial charge on any atom is 0.217 e. The standard InChI is InChI=1S/C22H26NOS/c1-5-15-14-22(3,6-2)23-18-10-11-19(25-13-12-24-4)16-8-7-9-17(20(16)18)21(15)23/h5,7-11H,6,12-14H2,1-4H3/q+1. The van der Waals surface area contributed by atoms with Gasteiger partial charge in [-0.3, -0.25) is 0 Å². The maximum absolute atomic E-state index is 5.23. The lowest BCUT2D eigenvalue weighted by Crippen LogP contribution is -2.32. The van der Waals surface area contributed by atoms with Crippen molar-refractivity contribution in [2.24, 2.45) is 0 Å². The Bertz CT molecular complexity index is 912. The highest BCUT2D eigenvalue weighted by Gasteiger charge is 2.51. The van der Waals surface area contributed by atoms with Crippen molar-refractivity contribution in [2.45, 2.75) is 44.0 Å². The van der Waals surface area contributed by atoms with Crippen molar-refractivity contribution in [2.75, 3.05) is 19.5 Å². The van der Waals surface area contributed by atoms with Crippen LogP contribution in [0.25, 0.3) is 10.8 Å². The van der Waals surface area contributed by atoms with Crippen LogP contribution in [0.5, 0.6) is 0 Å². The Balaban J connectivity index is 1.92. The summed E-state index contributed by atoms with van der Waals surface area (Å²) in [7, 11) is 1.77. The molecule has 25 heavy (non-hydrogen) atoms. The molecule has 0 fully saturated rings. The van der Waals surface area contributed by atoms with Gasteiger partial charge in [-0.1, -0.05) is 25.1 Å². The summed E-state index contributed by atoms with van der Waals surface area (Å²) in [5, 5.41) is 2.81. The molecule has 0 bridgehead atoms. The lowest BCUT2D eigenvalue weighted by atomic mass is 9.89. The highest BCUT2D eigenvalue weighted by atomic mass is 32.2. The van der Waals surface area contributed by atoms with Gasteiger partial charge in [-0.05, 0) is 19.1 Å². The maximum atomic E-state index is 5.23. The second-order valence-electron chi connectivity index (χ2n) is 7.18. The largest absolute Gasteiger partial charge is 0.384 e. The quantitative estimate of drug-likeness (QED) is 0.398. The number of thioether (sulfide) groups is 1. The summed E-state index contributed by atoms with van der Waals surface area (Å²) in [5.41, 5.74) is 5.89. The van der Waals surface area contributed by atoms with Crippen LogP contribution >= 0.6 is 11.8 Å². The Morgan fingerprint density at radius 2 is 2.12 bits per heavy atom. The van der Waals surface area contributed by atoms with Crippen molar-refractivity contribution < 1.29 is 9.31 Å². The Morgan fingerprint density at radius 3 is 2.84 bits per heavy atom. The highest BCUT2D eigenvalue weighted by molar-refractivity contribution is 7.99. The molecule has 2 aromatic carbocycles. The number of ether oxygens (including phenoxy) is 1. The molecule has 4 rings (SSSR count). The summed E-state index contributed by atoms with van der Waals surface area (Å²) in [5.74, 6) is 0.988. The van der Waals surface area contributed by atoms with Crippen LogP contribution in [0.4, 0.5) is 5.69 Å².